The largest absolute Gasteiger partial charge is 0.382 e. The summed E-state index contributed by atoms with van der Waals surface area (Å²) in [4.78, 5) is 0. The Kier molecular flexibility index (Phi) is 3.00. The lowest BCUT2D eigenvalue weighted by molar-refractivity contribution is 0.215. The van der Waals surface area contributed by atoms with Crippen LogP contribution in [0.25, 0.3) is 0 Å². The third-order valence-electron chi connectivity index (χ3n) is 2.17. The molecule has 0 aliphatic heterocycles. The molecular weight excluding hydrogens is 232 g/mol. The van der Waals surface area contributed by atoms with Gasteiger partial charge in [-0.3, -0.25) is 0 Å². The molecule has 1 atom stereocenters. The van der Waals surface area contributed by atoms with Gasteiger partial charge >= 0.3 is 0 Å². The Bertz CT molecular complexity index is 458. The Morgan fingerprint density at radius 2 is 2.27 bits per heavy atom. The zero-order valence-electron chi connectivity index (χ0n) is 8.01. The lowest BCUT2D eigenvalue weighted by Gasteiger charge is -2.08. The van der Waals surface area contributed by atoms with Crippen molar-refractivity contribution in [2.75, 3.05) is 0 Å². The molecule has 1 aromatic carbocycles. The van der Waals surface area contributed by atoms with Crippen LogP contribution in [0.5, 0.6) is 0 Å². The van der Waals surface area contributed by atoms with Crippen molar-refractivity contribution >= 4 is 23.1 Å². The van der Waals surface area contributed by atoms with E-state index in [-0.39, 0.29) is 0 Å². The summed E-state index contributed by atoms with van der Waals surface area (Å²) >= 11 is 7.19. The summed E-state index contributed by atoms with van der Waals surface area (Å²) in [5, 5.41) is 16.1. The van der Waals surface area contributed by atoms with Gasteiger partial charge in [0.25, 0.3) is 0 Å². The van der Waals surface area contributed by atoms with E-state index in [4.69, 9.17) is 11.6 Å². The minimum absolute atomic E-state index is 0.555. The lowest BCUT2D eigenvalue weighted by Crippen LogP contribution is -2.00. The molecule has 0 fully saturated rings. The van der Waals surface area contributed by atoms with E-state index >= 15 is 0 Å². The third kappa shape index (κ3) is 2.17. The predicted octanol–water partition coefficient (Wildman–Crippen LogP) is 2.58. The Hall–Kier alpha value is -0.970. The number of aliphatic hydroxyl groups excluding tert-OH is 1. The number of aliphatic hydroxyl groups is 1. The van der Waals surface area contributed by atoms with Gasteiger partial charge in [0.15, 0.2) is 0 Å². The van der Waals surface area contributed by atoms with Gasteiger partial charge in [0.1, 0.15) is 11.8 Å². The van der Waals surface area contributed by atoms with Crippen LogP contribution in [0.3, 0.4) is 0 Å². The minimum Gasteiger partial charge on any atom is -0.382 e. The molecule has 5 heteroatoms. The minimum atomic E-state index is -0.748. The van der Waals surface area contributed by atoms with Crippen molar-refractivity contribution in [1.29, 1.82) is 0 Å². The van der Waals surface area contributed by atoms with E-state index in [1.165, 1.54) is 11.5 Å². The highest BCUT2D eigenvalue weighted by molar-refractivity contribution is 7.03. The molecular formula is C10H9ClN2OS. The summed E-state index contributed by atoms with van der Waals surface area (Å²) in [6.45, 7) is 1.92. The van der Waals surface area contributed by atoms with E-state index in [1.54, 1.807) is 11.4 Å². The number of rotatable bonds is 2. The molecule has 1 unspecified atom stereocenters. The van der Waals surface area contributed by atoms with E-state index < -0.39 is 6.10 Å². The number of nitrogens with zero attached hydrogens (tertiary/aromatic N) is 2. The molecule has 1 heterocycles. The first-order chi connectivity index (χ1) is 7.18. The molecule has 1 aromatic heterocycles. The zero-order valence-corrected chi connectivity index (χ0v) is 9.59. The fourth-order valence-electron chi connectivity index (χ4n) is 1.24. The smallest absolute Gasteiger partial charge is 0.124 e. The van der Waals surface area contributed by atoms with Crippen LogP contribution in [0.2, 0.25) is 5.02 Å². The Labute approximate surface area is 96.5 Å². The highest BCUT2D eigenvalue weighted by atomic mass is 35.5. The Morgan fingerprint density at radius 1 is 1.47 bits per heavy atom. The Morgan fingerprint density at radius 3 is 2.87 bits per heavy atom. The predicted molar refractivity (Wildman–Crippen MR) is 60.2 cm³/mol. The average molecular weight is 241 g/mol. The molecule has 0 aliphatic carbocycles. The van der Waals surface area contributed by atoms with Crippen molar-refractivity contribution < 1.29 is 5.11 Å². The number of hydrogen-bond acceptors (Lipinski definition) is 4. The molecule has 0 spiro atoms. The van der Waals surface area contributed by atoms with Crippen LogP contribution in [0.4, 0.5) is 0 Å². The van der Waals surface area contributed by atoms with Gasteiger partial charge in [-0.1, -0.05) is 28.2 Å². The van der Waals surface area contributed by atoms with Crippen LogP contribution in [0, 0.1) is 6.92 Å². The molecule has 1 N–H and O–H groups in total. The SMILES string of the molecule is Cc1ccc(C(O)c2csnn2)cc1Cl. The summed E-state index contributed by atoms with van der Waals surface area (Å²) in [6, 6.07) is 5.47. The number of benzene rings is 1. The molecule has 2 rings (SSSR count). The number of halogens is 1. The summed E-state index contributed by atoms with van der Waals surface area (Å²) in [5.41, 5.74) is 2.28. The van der Waals surface area contributed by atoms with Crippen LogP contribution >= 0.6 is 23.1 Å². The summed E-state index contributed by atoms with van der Waals surface area (Å²) in [5.74, 6) is 0. The fourth-order valence-corrected chi connectivity index (χ4v) is 1.90. The van der Waals surface area contributed by atoms with Crippen LogP contribution < -0.4 is 0 Å². The molecule has 3 nitrogen and oxygen atoms in total. The molecule has 0 aliphatic rings. The van der Waals surface area contributed by atoms with Gasteiger partial charge in [0.05, 0.1) is 0 Å². The summed E-state index contributed by atoms with van der Waals surface area (Å²) in [7, 11) is 0. The van der Waals surface area contributed by atoms with E-state index in [1.807, 2.05) is 19.1 Å². The van der Waals surface area contributed by atoms with E-state index in [9.17, 15) is 5.11 Å². The van der Waals surface area contributed by atoms with Crippen LogP contribution in [0.1, 0.15) is 22.9 Å². The Balaban J connectivity index is 2.34. The number of aryl methyl sites for hydroxylation is 1. The van der Waals surface area contributed by atoms with Gasteiger partial charge in [-0.05, 0) is 35.6 Å². The second-order valence-electron chi connectivity index (χ2n) is 3.24. The van der Waals surface area contributed by atoms with Crippen LogP contribution in [0.15, 0.2) is 23.6 Å². The molecule has 0 radical (unpaired) electrons. The highest BCUT2D eigenvalue weighted by Crippen LogP contribution is 2.25. The second-order valence-corrected chi connectivity index (χ2v) is 4.26. The fraction of sp³-hybridized carbons (Fsp3) is 0.200. The second kappa shape index (κ2) is 4.26. The number of aromatic nitrogens is 2. The van der Waals surface area contributed by atoms with Crippen molar-refractivity contribution in [3.63, 3.8) is 0 Å². The van der Waals surface area contributed by atoms with Gasteiger partial charge in [-0.25, -0.2) is 0 Å². The zero-order chi connectivity index (χ0) is 10.8. The summed E-state index contributed by atoms with van der Waals surface area (Å²) < 4.78 is 3.71. The third-order valence-corrected chi connectivity index (χ3v) is 3.10. The first kappa shape index (κ1) is 10.5. The quantitative estimate of drug-likeness (QED) is 0.878. The van der Waals surface area contributed by atoms with Crippen molar-refractivity contribution in [2.45, 2.75) is 13.0 Å². The maximum Gasteiger partial charge on any atom is 0.124 e. The monoisotopic (exact) mass is 240 g/mol. The standard InChI is InChI=1S/C10H9ClN2OS/c1-6-2-3-7(4-8(6)11)10(14)9-5-15-13-12-9/h2-5,10,14H,1H3. The van der Waals surface area contributed by atoms with E-state index in [0.29, 0.717) is 10.7 Å². The molecule has 0 saturated heterocycles. The van der Waals surface area contributed by atoms with Gasteiger partial charge < -0.3 is 5.11 Å². The molecule has 0 bridgehead atoms. The molecule has 0 saturated carbocycles. The van der Waals surface area contributed by atoms with Gasteiger partial charge in [0, 0.05) is 10.4 Å². The number of hydrogen-bond donors (Lipinski definition) is 1. The molecule has 2 aromatic rings. The molecule has 15 heavy (non-hydrogen) atoms. The van der Waals surface area contributed by atoms with E-state index in [0.717, 1.165) is 11.1 Å². The van der Waals surface area contributed by atoms with Crippen LogP contribution in [-0.4, -0.2) is 14.7 Å². The van der Waals surface area contributed by atoms with Gasteiger partial charge in [-0.15, -0.1) is 5.10 Å². The maximum absolute atomic E-state index is 9.94. The first-order valence-electron chi connectivity index (χ1n) is 4.39. The van der Waals surface area contributed by atoms with Gasteiger partial charge in [-0.2, -0.15) is 0 Å². The maximum atomic E-state index is 9.94. The topological polar surface area (TPSA) is 46.0 Å². The van der Waals surface area contributed by atoms with Gasteiger partial charge in [0.2, 0.25) is 0 Å². The normalized spacial score (nSPS) is 12.7. The summed E-state index contributed by atoms with van der Waals surface area (Å²) in [6.07, 6.45) is -0.748. The van der Waals surface area contributed by atoms with E-state index in [2.05, 4.69) is 9.59 Å². The van der Waals surface area contributed by atoms with Crippen LogP contribution in [-0.2, 0) is 0 Å². The van der Waals surface area contributed by atoms with Crippen molar-refractivity contribution in [3.8, 4) is 0 Å². The average Bonchev–Trinajstić information content (AvgIpc) is 2.74. The lowest BCUT2D eigenvalue weighted by atomic mass is 10.1. The molecule has 0 amide bonds. The van der Waals surface area contributed by atoms with Crippen molar-refractivity contribution in [1.82, 2.24) is 9.59 Å². The van der Waals surface area contributed by atoms with Crippen molar-refractivity contribution in [2.24, 2.45) is 0 Å². The first-order valence-corrected chi connectivity index (χ1v) is 5.61. The molecule has 78 valence electrons. The van der Waals surface area contributed by atoms with Crippen molar-refractivity contribution in [3.05, 3.63) is 45.4 Å². The highest BCUT2D eigenvalue weighted by Gasteiger charge is 2.13.